The number of amides is 3. The third kappa shape index (κ3) is 4.05. The summed E-state index contributed by atoms with van der Waals surface area (Å²) < 4.78 is 10.8. The Hall–Kier alpha value is -2.77. The highest BCUT2D eigenvalue weighted by Gasteiger charge is 2.40. The van der Waals surface area contributed by atoms with Gasteiger partial charge in [-0.2, -0.15) is 0 Å². The van der Waals surface area contributed by atoms with Gasteiger partial charge < -0.3 is 24.2 Å². The van der Waals surface area contributed by atoms with E-state index < -0.39 is 5.60 Å². The lowest BCUT2D eigenvalue weighted by molar-refractivity contribution is -0.134. The average molecular weight is 389 g/mol. The molecule has 2 heterocycles. The van der Waals surface area contributed by atoms with Crippen LogP contribution in [-0.4, -0.2) is 72.6 Å². The maximum absolute atomic E-state index is 12.8. The van der Waals surface area contributed by atoms with Gasteiger partial charge in [0.25, 0.3) is 5.91 Å². The maximum atomic E-state index is 12.8. The van der Waals surface area contributed by atoms with E-state index >= 15 is 0 Å². The van der Waals surface area contributed by atoms with Gasteiger partial charge in [0, 0.05) is 39.1 Å². The summed E-state index contributed by atoms with van der Waals surface area (Å²) in [4.78, 5) is 42.2. The average Bonchev–Trinajstić information content (AvgIpc) is 2.68. The van der Waals surface area contributed by atoms with Crippen LogP contribution < -0.4 is 9.64 Å². The molecule has 28 heavy (non-hydrogen) atoms. The molecule has 1 fully saturated rings. The lowest BCUT2D eigenvalue weighted by Crippen LogP contribution is -2.54. The Morgan fingerprint density at radius 2 is 1.75 bits per heavy atom. The number of benzene rings is 1. The summed E-state index contributed by atoms with van der Waals surface area (Å²) in [7, 11) is 0. The number of para-hydroxylation sites is 2. The van der Waals surface area contributed by atoms with Crippen LogP contribution in [0.1, 0.15) is 27.2 Å². The van der Waals surface area contributed by atoms with Crippen molar-refractivity contribution < 1.29 is 23.9 Å². The van der Waals surface area contributed by atoms with Gasteiger partial charge in [0.1, 0.15) is 5.75 Å². The van der Waals surface area contributed by atoms with Crippen LogP contribution in [0, 0.1) is 0 Å². The molecular weight excluding hydrogens is 362 g/mol. The molecule has 1 aromatic carbocycles. The zero-order valence-corrected chi connectivity index (χ0v) is 16.6. The van der Waals surface area contributed by atoms with Gasteiger partial charge in [-0.15, -0.1) is 0 Å². The Kier molecular flexibility index (Phi) is 5.76. The number of fused-ring (bicyclic) bond motifs is 1. The first-order valence-electron chi connectivity index (χ1n) is 9.63. The van der Waals surface area contributed by atoms with Crippen molar-refractivity contribution in [1.29, 1.82) is 0 Å². The fraction of sp³-hybridized carbons (Fsp3) is 0.550. The molecule has 2 aliphatic rings. The Balaban J connectivity index is 1.59. The van der Waals surface area contributed by atoms with Crippen molar-refractivity contribution in [2.45, 2.75) is 32.8 Å². The molecule has 8 heteroatoms. The summed E-state index contributed by atoms with van der Waals surface area (Å²) in [5.74, 6) is 0.451. The standard InChI is InChI=1S/C20H27N3O5/c1-4-27-19(26)22-13-11-21(12-14-22)17(24)9-10-23-15-7-5-6-8-16(15)28-20(2,3)18(23)25/h5-8H,4,9-14H2,1-3H3. The molecule has 1 aromatic rings. The molecule has 1 saturated heterocycles. The maximum Gasteiger partial charge on any atom is 0.409 e. The third-order valence-electron chi connectivity index (χ3n) is 4.99. The van der Waals surface area contributed by atoms with E-state index in [0.717, 1.165) is 0 Å². The number of anilines is 1. The summed E-state index contributed by atoms with van der Waals surface area (Å²) in [6.45, 7) is 7.71. The normalized spacial score (nSPS) is 18.4. The van der Waals surface area contributed by atoms with Crippen molar-refractivity contribution in [1.82, 2.24) is 9.80 Å². The zero-order chi connectivity index (χ0) is 20.3. The minimum Gasteiger partial charge on any atom is -0.476 e. The molecule has 2 aliphatic heterocycles. The molecule has 0 unspecified atom stereocenters. The summed E-state index contributed by atoms with van der Waals surface area (Å²) >= 11 is 0. The van der Waals surface area contributed by atoms with E-state index in [1.54, 1.807) is 35.5 Å². The van der Waals surface area contributed by atoms with E-state index in [9.17, 15) is 14.4 Å². The number of rotatable bonds is 4. The lowest BCUT2D eigenvalue weighted by Gasteiger charge is -2.39. The summed E-state index contributed by atoms with van der Waals surface area (Å²) in [5, 5.41) is 0. The van der Waals surface area contributed by atoms with Crippen molar-refractivity contribution in [3.05, 3.63) is 24.3 Å². The molecule has 3 rings (SSSR count). The smallest absolute Gasteiger partial charge is 0.409 e. The Morgan fingerprint density at radius 3 is 2.43 bits per heavy atom. The molecule has 0 aliphatic carbocycles. The van der Waals surface area contributed by atoms with Crippen molar-refractivity contribution in [3.8, 4) is 5.75 Å². The molecule has 8 nitrogen and oxygen atoms in total. The van der Waals surface area contributed by atoms with Crippen molar-refractivity contribution >= 4 is 23.6 Å². The van der Waals surface area contributed by atoms with Crippen molar-refractivity contribution in [2.24, 2.45) is 0 Å². The van der Waals surface area contributed by atoms with Gasteiger partial charge in [0.15, 0.2) is 5.60 Å². The van der Waals surface area contributed by atoms with E-state index in [1.165, 1.54) is 0 Å². The van der Waals surface area contributed by atoms with Gasteiger partial charge in [-0.25, -0.2) is 4.79 Å². The van der Waals surface area contributed by atoms with Crippen LogP contribution in [0.15, 0.2) is 24.3 Å². The lowest BCUT2D eigenvalue weighted by atomic mass is 10.0. The first-order valence-corrected chi connectivity index (χ1v) is 9.63. The number of ether oxygens (including phenoxy) is 2. The van der Waals surface area contributed by atoms with E-state index in [1.807, 2.05) is 24.3 Å². The van der Waals surface area contributed by atoms with E-state index in [0.29, 0.717) is 50.8 Å². The van der Waals surface area contributed by atoms with Crippen molar-refractivity contribution in [3.63, 3.8) is 0 Å². The highest BCUT2D eigenvalue weighted by Crippen LogP contribution is 2.37. The van der Waals surface area contributed by atoms with Crippen LogP contribution in [0.2, 0.25) is 0 Å². The first-order chi connectivity index (χ1) is 13.3. The highest BCUT2D eigenvalue weighted by atomic mass is 16.6. The second-order valence-electron chi connectivity index (χ2n) is 7.35. The molecule has 3 amide bonds. The van der Waals surface area contributed by atoms with Crippen LogP contribution in [-0.2, 0) is 14.3 Å². The summed E-state index contributed by atoms with van der Waals surface area (Å²) in [6, 6.07) is 7.35. The van der Waals surface area contributed by atoms with Gasteiger partial charge in [-0.3, -0.25) is 9.59 Å². The number of nitrogens with zero attached hydrogens (tertiary/aromatic N) is 3. The quantitative estimate of drug-likeness (QED) is 0.786. The van der Waals surface area contributed by atoms with E-state index in [4.69, 9.17) is 9.47 Å². The largest absolute Gasteiger partial charge is 0.476 e. The molecule has 0 N–H and O–H groups in total. The predicted octanol–water partition coefficient (Wildman–Crippen LogP) is 1.88. The second-order valence-corrected chi connectivity index (χ2v) is 7.35. The molecule has 0 atom stereocenters. The fourth-order valence-corrected chi connectivity index (χ4v) is 3.46. The predicted molar refractivity (Wildman–Crippen MR) is 103 cm³/mol. The van der Waals surface area contributed by atoms with Gasteiger partial charge >= 0.3 is 6.09 Å². The molecule has 0 aromatic heterocycles. The van der Waals surface area contributed by atoms with Gasteiger partial charge in [0.2, 0.25) is 5.91 Å². The third-order valence-corrected chi connectivity index (χ3v) is 4.99. The van der Waals surface area contributed by atoms with E-state index in [-0.39, 0.29) is 24.3 Å². The molecule has 0 bridgehead atoms. The molecule has 0 radical (unpaired) electrons. The van der Waals surface area contributed by atoms with Crippen molar-refractivity contribution in [2.75, 3.05) is 44.2 Å². The Bertz CT molecular complexity index is 756. The zero-order valence-electron chi connectivity index (χ0n) is 16.6. The fourth-order valence-electron chi connectivity index (χ4n) is 3.46. The van der Waals surface area contributed by atoms with Crippen LogP contribution in [0.25, 0.3) is 0 Å². The number of hydrogen-bond acceptors (Lipinski definition) is 5. The summed E-state index contributed by atoms with van der Waals surface area (Å²) in [6.07, 6.45) is -0.123. The number of hydrogen-bond donors (Lipinski definition) is 0. The summed E-state index contributed by atoms with van der Waals surface area (Å²) in [5.41, 5.74) is -0.283. The number of carbonyl (C=O) groups excluding carboxylic acids is 3. The van der Waals surface area contributed by atoms with Gasteiger partial charge in [-0.1, -0.05) is 12.1 Å². The Morgan fingerprint density at radius 1 is 1.11 bits per heavy atom. The van der Waals surface area contributed by atoms with E-state index in [2.05, 4.69) is 0 Å². The monoisotopic (exact) mass is 389 g/mol. The molecule has 152 valence electrons. The van der Waals surface area contributed by atoms with Crippen LogP contribution in [0.3, 0.4) is 0 Å². The van der Waals surface area contributed by atoms with Crippen LogP contribution >= 0.6 is 0 Å². The van der Waals surface area contributed by atoms with Crippen LogP contribution in [0.4, 0.5) is 10.5 Å². The minimum atomic E-state index is -0.970. The SMILES string of the molecule is CCOC(=O)N1CCN(C(=O)CCN2C(=O)C(C)(C)Oc3ccccc32)CC1. The molecule has 0 saturated carbocycles. The molecule has 0 spiro atoms. The highest BCUT2D eigenvalue weighted by molar-refractivity contribution is 6.02. The number of carbonyl (C=O) groups is 3. The molecular formula is C20H27N3O5. The topological polar surface area (TPSA) is 79.4 Å². The first kappa shape index (κ1) is 20.0. The minimum absolute atomic E-state index is 0.0295. The Labute approximate surface area is 165 Å². The van der Waals surface area contributed by atoms with Crippen LogP contribution in [0.5, 0.6) is 5.75 Å². The van der Waals surface area contributed by atoms with Gasteiger partial charge in [-0.05, 0) is 32.9 Å². The number of piperazine rings is 1. The van der Waals surface area contributed by atoms with Gasteiger partial charge in [0.05, 0.1) is 12.3 Å². The second kappa shape index (κ2) is 8.08.